The van der Waals surface area contributed by atoms with Gasteiger partial charge in [-0.25, -0.2) is 0 Å². The number of hydrogen-bond donors (Lipinski definition) is 0. The van der Waals surface area contributed by atoms with Crippen LogP contribution in [0.2, 0.25) is 0 Å². The molecule has 0 saturated carbocycles. The van der Waals surface area contributed by atoms with Crippen LogP contribution in [0.3, 0.4) is 0 Å². The Hall–Kier alpha value is -4.18. The van der Waals surface area contributed by atoms with Crippen molar-refractivity contribution in [1.29, 1.82) is 0 Å². The van der Waals surface area contributed by atoms with E-state index in [1.54, 1.807) is 46.0 Å². The van der Waals surface area contributed by atoms with E-state index < -0.39 is 16.1 Å². The molecule has 5 rings (SSSR count). The molecule has 3 amide bonds. The van der Waals surface area contributed by atoms with Crippen molar-refractivity contribution in [1.82, 2.24) is 14.4 Å². The highest BCUT2D eigenvalue weighted by atomic mass is 32.2. The first kappa shape index (κ1) is 22.6. The summed E-state index contributed by atoms with van der Waals surface area (Å²) in [5.74, 6) is -0.778. The second-order valence-corrected chi connectivity index (χ2v) is 9.17. The zero-order chi connectivity index (χ0) is 24.5. The first-order chi connectivity index (χ1) is 16.9. The Morgan fingerprint density at radius 1 is 1.03 bits per heavy atom. The van der Waals surface area contributed by atoms with Gasteiger partial charge >= 0.3 is 0 Å². The number of nitro benzene ring substituents is 1. The topological polar surface area (TPSA) is 106 Å². The van der Waals surface area contributed by atoms with Gasteiger partial charge < -0.3 is 9.47 Å². The summed E-state index contributed by atoms with van der Waals surface area (Å²) >= 11 is 0.793. The molecule has 1 saturated heterocycles. The third-order valence-electron chi connectivity index (χ3n) is 6.05. The number of carbonyl (C=O) groups is 3. The van der Waals surface area contributed by atoms with Crippen LogP contribution in [0.1, 0.15) is 16.8 Å². The number of nitrogens with zero attached hydrogens (tertiary/aromatic N) is 4. The largest absolute Gasteiger partial charge is 0.336 e. The van der Waals surface area contributed by atoms with Crippen LogP contribution in [0, 0.1) is 10.1 Å². The number of non-ortho nitro benzene ring substituents is 1. The first-order valence-corrected chi connectivity index (χ1v) is 11.7. The van der Waals surface area contributed by atoms with Crippen LogP contribution in [0.4, 0.5) is 10.5 Å². The van der Waals surface area contributed by atoms with Gasteiger partial charge in [-0.1, -0.05) is 24.3 Å². The van der Waals surface area contributed by atoms with Gasteiger partial charge in [-0.2, -0.15) is 0 Å². The van der Waals surface area contributed by atoms with Gasteiger partial charge in [0.05, 0.1) is 9.83 Å². The fourth-order valence-electron chi connectivity index (χ4n) is 4.20. The highest BCUT2D eigenvalue weighted by molar-refractivity contribution is 8.18. The van der Waals surface area contributed by atoms with Gasteiger partial charge in [-0.15, -0.1) is 0 Å². The van der Waals surface area contributed by atoms with E-state index in [0.717, 1.165) is 28.6 Å². The number of benzene rings is 2. The van der Waals surface area contributed by atoms with Crippen molar-refractivity contribution in [2.45, 2.75) is 13.0 Å². The Morgan fingerprint density at radius 3 is 2.51 bits per heavy atom. The molecule has 35 heavy (non-hydrogen) atoms. The molecule has 0 radical (unpaired) electrons. The average Bonchev–Trinajstić information content (AvgIpc) is 3.43. The molecule has 0 atom stereocenters. The van der Waals surface area contributed by atoms with Crippen LogP contribution in [0.15, 0.2) is 71.8 Å². The lowest BCUT2D eigenvalue weighted by molar-refractivity contribution is -0.384. The van der Waals surface area contributed by atoms with Crippen LogP contribution in [0.5, 0.6) is 0 Å². The minimum atomic E-state index is -0.512. The summed E-state index contributed by atoms with van der Waals surface area (Å²) in [6.45, 7) is 0.710. The van der Waals surface area contributed by atoms with Crippen LogP contribution >= 0.6 is 11.8 Å². The summed E-state index contributed by atoms with van der Waals surface area (Å²) in [7, 11) is 0. The molecule has 3 aromatic rings. The maximum Gasteiger partial charge on any atom is 0.294 e. The Labute approximate surface area is 204 Å². The number of nitro groups is 1. The molecule has 0 aliphatic carbocycles. The number of fused-ring (bicyclic) bond motifs is 1. The van der Waals surface area contributed by atoms with Gasteiger partial charge in [0.15, 0.2) is 0 Å². The SMILES string of the molecule is O=C(CN1C(=O)S/C(=C\c2cccn2-c2ccc([N+](=O)[O-])cc2)C1=O)N1CCc2ccccc2C1. The molecule has 0 N–H and O–H groups in total. The van der Waals surface area contributed by atoms with E-state index in [4.69, 9.17) is 0 Å². The van der Waals surface area contributed by atoms with Crippen LogP contribution in [0.25, 0.3) is 11.8 Å². The fraction of sp³-hybridized carbons (Fsp3) is 0.160. The molecule has 2 aromatic carbocycles. The molecular formula is C25H20N4O5S. The van der Waals surface area contributed by atoms with Gasteiger partial charge in [-0.05, 0) is 59.7 Å². The standard InChI is InChI=1S/C25H20N4O5S/c30-23(26-13-11-17-4-1-2-5-18(17)15-26)16-28-24(31)22(35-25(28)32)14-21-6-3-12-27(21)19-7-9-20(10-8-19)29(33)34/h1-10,12,14H,11,13,15-16H2/b22-14-. The van der Waals surface area contributed by atoms with E-state index in [9.17, 15) is 24.5 Å². The summed E-state index contributed by atoms with van der Waals surface area (Å²) in [5, 5.41) is 10.4. The number of amides is 3. The lowest BCUT2D eigenvalue weighted by atomic mass is 10.00. The lowest BCUT2D eigenvalue weighted by Gasteiger charge is -2.29. The Bertz CT molecular complexity index is 1380. The van der Waals surface area contributed by atoms with Gasteiger partial charge in [0.2, 0.25) is 5.91 Å². The van der Waals surface area contributed by atoms with E-state index in [-0.39, 0.29) is 23.0 Å². The van der Waals surface area contributed by atoms with Crippen LogP contribution in [-0.2, 0) is 22.6 Å². The van der Waals surface area contributed by atoms with E-state index >= 15 is 0 Å². The molecule has 0 bridgehead atoms. The third-order valence-corrected chi connectivity index (χ3v) is 6.96. The number of thioether (sulfide) groups is 1. The smallest absolute Gasteiger partial charge is 0.294 e. The van der Waals surface area contributed by atoms with Gasteiger partial charge in [0.1, 0.15) is 6.54 Å². The molecule has 0 spiro atoms. The van der Waals surface area contributed by atoms with Gasteiger partial charge in [-0.3, -0.25) is 29.4 Å². The molecule has 1 fully saturated rings. The highest BCUT2D eigenvalue weighted by Gasteiger charge is 2.37. The fourth-order valence-corrected chi connectivity index (χ4v) is 5.02. The van der Waals surface area contributed by atoms with Gasteiger partial charge in [0, 0.05) is 42.8 Å². The van der Waals surface area contributed by atoms with Crippen molar-refractivity contribution in [3.8, 4) is 5.69 Å². The minimum Gasteiger partial charge on any atom is -0.336 e. The Balaban J connectivity index is 1.31. The predicted octanol–water partition coefficient (Wildman–Crippen LogP) is 4.01. The zero-order valence-corrected chi connectivity index (χ0v) is 19.3. The highest BCUT2D eigenvalue weighted by Crippen LogP contribution is 2.33. The van der Waals surface area contributed by atoms with Crippen molar-refractivity contribution in [2.75, 3.05) is 13.1 Å². The first-order valence-electron chi connectivity index (χ1n) is 10.9. The number of aromatic nitrogens is 1. The van der Waals surface area contributed by atoms with Crippen molar-refractivity contribution < 1.29 is 19.3 Å². The molecule has 176 valence electrons. The van der Waals surface area contributed by atoms with Crippen molar-refractivity contribution >= 4 is 40.6 Å². The molecule has 9 nitrogen and oxygen atoms in total. The lowest BCUT2D eigenvalue weighted by Crippen LogP contribution is -2.44. The van der Waals surface area contributed by atoms with Crippen molar-refractivity contribution in [3.05, 3.63) is 98.7 Å². The monoisotopic (exact) mass is 488 g/mol. The Kier molecular flexibility index (Phi) is 5.96. The van der Waals surface area contributed by atoms with E-state index in [0.29, 0.717) is 24.5 Å². The molecular weight excluding hydrogens is 468 g/mol. The number of rotatable bonds is 5. The summed E-state index contributed by atoms with van der Waals surface area (Å²) in [4.78, 5) is 51.8. The summed E-state index contributed by atoms with van der Waals surface area (Å²) in [6, 6.07) is 17.5. The zero-order valence-electron chi connectivity index (χ0n) is 18.5. The molecule has 2 aliphatic rings. The van der Waals surface area contributed by atoms with E-state index in [2.05, 4.69) is 0 Å². The normalized spacial score (nSPS) is 16.6. The number of imide groups is 1. The van der Waals surface area contributed by atoms with Crippen LogP contribution in [-0.4, -0.2) is 49.4 Å². The van der Waals surface area contributed by atoms with E-state index in [1.807, 2.05) is 24.3 Å². The summed E-state index contributed by atoms with van der Waals surface area (Å²) < 4.78 is 1.76. The average molecular weight is 489 g/mol. The molecule has 1 aromatic heterocycles. The summed E-state index contributed by atoms with van der Waals surface area (Å²) in [5.41, 5.74) is 3.57. The number of carbonyl (C=O) groups excluding carboxylic acids is 3. The second kappa shape index (κ2) is 9.22. The molecule has 0 unspecified atom stereocenters. The van der Waals surface area contributed by atoms with Crippen molar-refractivity contribution in [2.24, 2.45) is 0 Å². The minimum absolute atomic E-state index is 0.0227. The number of hydrogen-bond acceptors (Lipinski definition) is 6. The maximum atomic E-state index is 13.0. The molecule has 3 heterocycles. The third kappa shape index (κ3) is 4.47. The second-order valence-electron chi connectivity index (χ2n) is 8.18. The van der Waals surface area contributed by atoms with Crippen LogP contribution < -0.4 is 0 Å². The quantitative estimate of drug-likeness (QED) is 0.305. The van der Waals surface area contributed by atoms with Gasteiger partial charge in [0.25, 0.3) is 16.8 Å². The summed E-state index contributed by atoms with van der Waals surface area (Å²) in [6.07, 6.45) is 4.09. The molecule has 10 heteroatoms. The maximum absolute atomic E-state index is 13.0. The van der Waals surface area contributed by atoms with Crippen molar-refractivity contribution in [3.63, 3.8) is 0 Å². The Morgan fingerprint density at radius 2 is 1.77 bits per heavy atom. The predicted molar refractivity (Wildman–Crippen MR) is 131 cm³/mol. The molecule has 2 aliphatic heterocycles. The van der Waals surface area contributed by atoms with E-state index in [1.165, 1.54) is 17.7 Å².